The van der Waals surface area contributed by atoms with Crippen LogP contribution < -0.4 is 5.73 Å². The van der Waals surface area contributed by atoms with Crippen molar-refractivity contribution in [3.05, 3.63) is 71.4 Å². The smallest absolute Gasteiger partial charge is 0.320 e. The van der Waals surface area contributed by atoms with Crippen molar-refractivity contribution >= 4 is 16.9 Å². The molecule has 0 aliphatic rings. The maximum Gasteiger partial charge on any atom is 0.320 e. The molecule has 0 radical (unpaired) electrons. The van der Waals surface area contributed by atoms with Gasteiger partial charge in [0.1, 0.15) is 6.04 Å². The summed E-state index contributed by atoms with van der Waals surface area (Å²) in [6.45, 7) is 0.548. The molecule has 1 atom stereocenters. The highest BCUT2D eigenvalue weighted by Gasteiger charge is 2.16. The van der Waals surface area contributed by atoms with Crippen molar-refractivity contribution in [1.29, 1.82) is 5.26 Å². The highest BCUT2D eigenvalue weighted by atomic mass is 16.4. The lowest BCUT2D eigenvalue weighted by Gasteiger charge is -2.07. The molecule has 0 aliphatic heterocycles. The summed E-state index contributed by atoms with van der Waals surface area (Å²) in [5.41, 5.74) is 9.16. The van der Waals surface area contributed by atoms with Gasteiger partial charge in [-0.2, -0.15) is 5.26 Å². The minimum absolute atomic E-state index is 0.267. The Balaban J connectivity index is 2.03. The summed E-state index contributed by atoms with van der Waals surface area (Å²) in [6.07, 6.45) is 2.20. The van der Waals surface area contributed by atoms with Gasteiger partial charge in [-0.3, -0.25) is 4.79 Å². The van der Waals surface area contributed by atoms with E-state index in [9.17, 15) is 10.1 Å². The van der Waals surface area contributed by atoms with E-state index in [4.69, 9.17) is 10.8 Å². The fraction of sp³-hybridized carbons (Fsp3) is 0.158. The molecule has 120 valence electrons. The fourth-order valence-corrected chi connectivity index (χ4v) is 2.89. The summed E-state index contributed by atoms with van der Waals surface area (Å²) in [5.74, 6) is -1.01. The lowest BCUT2D eigenvalue weighted by Crippen LogP contribution is -2.32. The maximum absolute atomic E-state index is 11.1. The fourth-order valence-electron chi connectivity index (χ4n) is 2.89. The quantitative estimate of drug-likeness (QED) is 0.756. The minimum atomic E-state index is -1.01. The SMILES string of the molecule is N#Cc1ccccc1Cn1cc(C[C@H](N)C(=O)O)c2ccccc21. The van der Waals surface area contributed by atoms with E-state index in [0.29, 0.717) is 12.1 Å². The van der Waals surface area contributed by atoms with E-state index in [1.54, 1.807) is 6.07 Å². The van der Waals surface area contributed by atoms with Crippen molar-refractivity contribution in [2.75, 3.05) is 0 Å². The van der Waals surface area contributed by atoms with E-state index >= 15 is 0 Å². The molecule has 0 fully saturated rings. The largest absolute Gasteiger partial charge is 0.480 e. The molecular formula is C19H17N3O2. The number of fused-ring (bicyclic) bond motifs is 1. The van der Waals surface area contributed by atoms with Crippen molar-refractivity contribution in [3.63, 3.8) is 0 Å². The molecule has 0 aliphatic carbocycles. The molecule has 0 unspecified atom stereocenters. The topological polar surface area (TPSA) is 92.0 Å². The van der Waals surface area contributed by atoms with Crippen LogP contribution in [0.15, 0.2) is 54.7 Å². The zero-order valence-electron chi connectivity index (χ0n) is 13.0. The molecule has 5 heteroatoms. The van der Waals surface area contributed by atoms with Crippen molar-refractivity contribution in [2.24, 2.45) is 5.73 Å². The van der Waals surface area contributed by atoms with Gasteiger partial charge in [0.15, 0.2) is 0 Å². The third-order valence-electron chi connectivity index (χ3n) is 4.11. The molecule has 5 nitrogen and oxygen atoms in total. The summed E-state index contributed by atoms with van der Waals surface area (Å²) < 4.78 is 2.04. The van der Waals surface area contributed by atoms with Gasteiger partial charge in [-0.25, -0.2) is 0 Å². The van der Waals surface area contributed by atoms with Gasteiger partial charge >= 0.3 is 5.97 Å². The Kier molecular flexibility index (Phi) is 4.32. The van der Waals surface area contributed by atoms with Gasteiger partial charge in [-0.1, -0.05) is 36.4 Å². The van der Waals surface area contributed by atoms with Crippen LogP contribution in [0.2, 0.25) is 0 Å². The lowest BCUT2D eigenvalue weighted by molar-refractivity contribution is -0.138. The number of nitrogens with two attached hydrogens (primary N) is 1. The number of benzene rings is 2. The number of aliphatic carboxylic acids is 1. The highest BCUT2D eigenvalue weighted by Crippen LogP contribution is 2.24. The van der Waals surface area contributed by atoms with Crippen molar-refractivity contribution in [1.82, 2.24) is 4.57 Å². The van der Waals surface area contributed by atoms with Gasteiger partial charge in [0.2, 0.25) is 0 Å². The average molecular weight is 319 g/mol. The first-order valence-corrected chi connectivity index (χ1v) is 7.63. The first kappa shape index (κ1) is 15.8. The lowest BCUT2D eigenvalue weighted by atomic mass is 10.1. The monoisotopic (exact) mass is 319 g/mol. The second-order valence-corrected chi connectivity index (χ2v) is 5.72. The van der Waals surface area contributed by atoms with Crippen LogP contribution in [0.4, 0.5) is 0 Å². The molecule has 2 aromatic carbocycles. The van der Waals surface area contributed by atoms with Crippen LogP contribution in [0.25, 0.3) is 10.9 Å². The molecule has 3 N–H and O–H groups in total. The Morgan fingerprint density at radius 2 is 1.88 bits per heavy atom. The molecule has 0 amide bonds. The van der Waals surface area contributed by atoms with E-state index in [2.05, 4.69) is 6.07 Å². The Morgan fingerprint density at radius 3 is 2.62 bits per heavy atom. The molecule has 1 aromatic heterocycles. The van der Waals surface area contributed by atoms with Crippen LogP contribution in [-0.2, 0) is 17.8 Å². The Hall–Kier alpha value is -3.10. The van der Waals surface area contributed by atoms with Gasteiger partial charge < -0.3 is 15.4 Å². The zero-order chi connectivity index (χ0) is 17.1. The van der Waals surface area contributed by atoms with Gasteiger partial charge in [-0.15, -0.1) is 0 Å². The Bertz CT molecular complexity index is 937. The van der Waals surface area contributed by atoms with E-state index < -0.39 is 12.0 Å². The molecule has 3 aromatic rings. The Morgan fingerprint density at radius 1 is 1.17 bits per heavy atom. The molecule has 0 saturated heterocycles. The third-order valence-corrected chi connectivity index (χ3v) is 4.11. The number of nitrogens with zero attached hydrogens (tertiary/aromatic N) is 2. The van der Waals surface area contributed by atoms with Gasteiger partial charge in [0, 0.05) is 30.1 Å². The standard InChI is InChI=1S/C19H17N3O2/c20-10-13-5-1-2-6-14(13)11-22-12-15(9-17(21)19(23)24)16-7-3-4-8-18(16)22/h1-8,12,17H,9,11,21H2,(H,23,24)/t17-/m0/s1. The highest BCUT2D eigenvalue weighted by molar-refractivity contribution is 5.85. The maximum atomic E-state index is 11.1. The molecular weight excluding hydrogens is 302 g/mol. The molecule has 3 rings (SSSR count). The van der Waals surface area contributed by atoms with Crippen LogP contribution in [-0.4, -0.2) is 21.7 Å². The number of carbonyl (C=O) groups is 1. The second kappa shape index (κ2) is 6.57. The molecule has 24 heavy (non-hydrogen) atoms. The number of hydrogen-bond donors (Lipinski definition) is 2. The van der Waals surface area contributed by atoms with Crippen LogP contribution in [0.5, 0.6) is 0 Å². The van der Waals surface area contributed by atoms with Gasteiger partial charge in [0.05, 0.1) is 11.6 Å². The summed E-state index contributed by atoms with van der Waals surface area (Å²) in [7, 11) is 0. The van der Waals surface area contributed by atoms with Crippen molar-refractivity contribution in [3.8, 4) is 6.07 Å². The van der Waals surface area contributed by atoms with Gasteiger partial charge in [0.25, 0.3) is 0 Å². The Labute approximate surface area is 139 Å². The number of rotatable bonds is 5. The minimum Gasteiger partial charge on any atom is -0.480 e. The van der Waals surface area contributed by atoms with E-state index in [1.165, 1.54) is 0 Å². The number of carboxylic acid groups (broad SMARTS) is 1. The van der Waals surface area contributed by atoms with Crippen LogP contribution in [0, 0.1) is 11.3 Å². The summed E-state index contributed by atoms with van der Waals surface area (Å²) >= 11 is 0. The van der Waals surface area contributed by atoms with E-state index in [0.717, 1.165) is 22.0 Å². The number of nitriles is 1. The summed E-state index contributed by atoms with van der Waals surface area (Å²) in [4.78, 5) is 11.1. The van der Waals surface area contributed by atoms with Crippen LogP contribution in [0.1, 0.15) is 16.7 Å². The normalized spacial score (nSPS) is 12.0. The van der Waals surface area contributed by atoms with Crippen LogP contribution >= 0.6 is 0 Å². The first-order valence-electron chi connectivity index (χ1n) is 7.63. The van der Waals surface area contributed by atoms with Crippen molar-refractivity contribution < 1.29 is 9.90 Å². The van der Waals surface area contributed by atoms with E-state index in [1.807, 2.05) is 53.2 Å². The zero-order valence-corrected chi connectivity index (χ0v) is 13.0. The number of para-hydroxylation sites is 1. The number of carboxylic acids is 1. The van der Waals surface area contributed by atoms with Crippen LogP contribution in [0.3, 0.4) is 0 Å². The van der Waals surface area contributed by atoms with Gasteiger partial charge in [-0.05, 0) is 23.3 Å². The van der Waals surface area contributed by atoms with E-state index in [-0.39, 0.29) is 6.42 Å². The number of hydrogen-bond acceptors (Lipinski definition) is 3. The third kappa shape index (κ3) is 3.00. The predicted octanol–water partition coefficient (Wildman–Crippen LogP) is 2.52. The molecule has 0 spiro atoms. The predicted molar refractivity (Wildman–Crippen MR) is 91.5 cm³/mol. The average Bonchev–Trinajstić information content (AvgIpc) is 2.93. The van der Waals surface area contributed by atoms with Crippen molar-refractivity contribution in [2.45, 2.75) is 19.0 Å². The second-order valence-electron chi connectivity index (χ2n) is 5.72. The molecule has 1 heterocycles. The number of aromatic nitrogens is 1. The first-order chi connectivity index (χ1) is 11.6. The summed E-state index contributed by atoms with van der Waals surface area (Å²) in [5, 5.41) is 19.3. The molecule has 0 bridgehead atoms. The molecule has 0 saturated carbocycles. The summed E-state index contributed by atoms with van der Waals surface area (Å²) in [6, 6.07) is 16.6.